The van der Waals surface area contributed by atoms with Gasteiger partial charge in [0.25, 0.3) is 0 Å². The van der Waals surface area contributed by atoms with Gasteiger partial charge in [0.05, 0.1) is 12.6 Å². The lowest BCUT2D eigenvalue weighted by Gasteiger charge is -2.36. The lowest BCUT2D eigenvalue weighted by molar-refractivity contribution is -0.119. The first kappa shape index (κ1) is 22.1. The molecule has 0 radical (unpaired) electrons. The first-order chi connectivity index (χ1) is 12.5. The fourth-order valence-electron chi connectivity index (χ4n) is 2.73. The van der Waals surface area contributed by atoms with Gasteiger partial charge in [-0.1, -0.05) is 52.8 Å². The average Bonchev–Trinajstić information content (AvgIpc) is 3.31. The minimum absolute atomic E-state index is 0.0194. The second-order valence-electron chi connectivity index (χ2n) is 9.44. The summed E-state index contributed by atoms with van der Waals surface area (Å²) < 4.78 is 6.30. The van der Waals surface area contributed by atoms with Gasteiger partial charge in [-0.2, -0.15) is 0 Å². The monoisotopic (exact) mass is 391 g/mol. The molecule has 152 valence electrons. The fourth-order valence-corrected chi connectivity index (χ4v) is 3.76. The van der Waals surface area contributed by atoms with E-state index in [1.54, 1.807) is 0 Å². The largest absolute Gasteiger partial charge is 0.415 e. The highest BCUT2D eigenvalue weighted by molar-refractivity contribution is 6.74. The van der Waals surface area contributed by atoms with Crippen molar-refractivity contribution in [2.75, 3.05) is 18.5 Å². The lowest BCUT2D eigenvalue weighted by atomic mass is 10.0. The maximum atomic E-state index is 12.6. The number of hydrogen-bond acceptors (Lipinski definition) is 4. The number of anilines is 1. The van der Waals surface area contributed by atoms with Crippen LogP contribution in [0.5, 0.6) is 0 Å². The van der Waals surface area contributed by atoms with E-state index in [-0.39, 0.29) is 22.9 Å². The van der Waals surface area contributed by atoms with Crippen molar-refractivity contribution in [3.8, 4) is 0 Å². The van der Waals surface area contributed by atoms with E-state index in [1.807, 2.05) is 30.3 Å². The number of hydrogen-bond donors (Lipinski definition) is 3. The van der Waals surface area contributed by atoms with Crippen molar-refractivity contribution in [1.82, 2.24) is 10.6 Å². The zero-order valence-corrected chi connectivity index (χ0v) is 18.9. The van der Waals surface area contributed by atoms with Gasteiger partial charge in [0.2, 0.25) is 5.91 Å². The molecule has 0 saturated carbocycles. The van der Waals surface area contributed by atoms with Crippen LogP contribution < -0.4 is 16.0 Å². The Morgan fingerprint density at radius 2 is 1.81 bits per heavy atom. The molecule has 3 N–H and O–H groups in total. The minimum atomic E-state index is -1.71. The Labute approximate surface area is 165 Å². The van der Waals surface area contributed by atoms with Gasteiger partial charge in [-0.3, -0.25) is 4.79 Å². The van der Waals surface area contributed by atoms with E-state index in [1.165, 1.54) is 0 Å². The molecule has 27 heavy (non-hydrogen) atoms. The van der Waals surface area contributed by atoms with Crippen LogP contribution in [0.4, 0.5) is 5.69 Å². The third-order valence-corrected chi connectivity index (χ3v) is 10.3. The normalized spacial score (nSPS) is 21.2. The summed E-state index contributed by atoms with van der Waals surface area (Å²) in [6.45, 7) is 17.0. The van der Waals surface area contributed by atoms with E-state index in [0.29, 0.717) is 12.1 Å². The van der Waals surface area contributed by atoms with Crippen molar-refractivity contribution in [3.05, 3.63) is 30.3 Å². The highest BCUT2D eigenvalue weighted by Gasteiger charge is 2.42. The molecule has 1 aromatic rings. The Morgan fingerprint density at radius 1 is 1.19 bits per heavy atom. The van der Waals surface area contributed by atoms with Crippen LogP contribution in [0, 0.1) is 5.92 Å². The number of amides is 1. The first-order valence-electron chi connectivity index (χ1n) is 10.0. The molecule has 0 aromatic heterocycles. The van der Waals surface area contributed by atoms with Gasteiger partial charge in [-0.15, -0.1) is 0 Å². The van der Waals surface area contributed by atoms with E-state index in [2.05, 4.69) is 63.7 Å². The molecule has 1 aliphatic heterocycles. The number of benzene rings is 1. The molecule has 1 aromatic carbocycles. The predicted octanol–water partition coefficient (Wildman–Crippen LogP) is 3.60. The van der Waals surface area contributed by atoms with Crippen molar-refractivity contribution in [3.63, 3.8) is 0 Å². The van der Waals surface area contributed by atoms with Crippen LogP contribution in [0.3, 0.4) is 0 Å². The van der Waals surface area contributed by atoms with Gasteiger partial charge in [-0.25, -0.2) is 0 Å². The standard InChI is InChI=1S/C21H37N3O2Si/c1-15(2)19(20(25)23-16-11-9-8-10-12-16)22-13-17-18(24-17)14-26-27(6,7)21(3,4)5/h8-12,15,17-19,22,24H,13-14H2,1-7H3,(H,23,25)/t17-,18-,19-/m1/s1. The second kappa shape index (κ2) is 8.86. The third-order valence-electron chi connectivity index (χ3n) is 5.78. The molecule has 0 bridgehead atoms. The van der Waals surface area contributed by atoms with E-state index in [0.717, 1.165) is 18.8 Å². The summed E-state index contributed by atoms with van der Waals surface area (Å²) in [5.74, 6) is 0.236. The zero-order chi connectivity index (χ0) is 20.2. The highest BCUT2D eigenvalue weighted by atomic mass is 28.4. The molecule has 1 fully saturated rings. The highest BCUT2D eigenvalue weighted by Crippen LogP contribution is 2.37. The van der Waals surface area contributed by atoms with Gasteiger partial charge in [0.15, 0.2) is 8.32 Å². The average molecular weight is 392 g/mol. The number of rotatable bonds is 9. The second-order valence-corrected chi connectivity index (χ2v) is 14.2. The maximum Gasteiger partial charge on any atom is 0.241 e. The summed E-state index contributed by atoms with van der Waals surface area (Å²) >= 11 is 0. The zero-order valence-electron chi connectivity index (χ0n) is 17.9. The molecular weight excluding hydrogens is 354 g/mol. The van der Waals surface area contributed by atoms with Gasteiger partial charge in [0, 0.05) is 24.3 Å². The Kier molecular flexibility index (Phi) is 7.25. The van der Waals surface area contributed by atoms with Crippen molar-refractivity contribution in [2.24, 2.45) is 5.92 Å². The Hall–Kier alpha value is -1.21. The van der Waals surface area contributed by atoms with Crippen molar-refractivity contribution in [1.29, 1.82) is 0 Å². The molecule has 2 rings (SSSR count). The summed E-state index contributed by atoms with van der Waals surface area (Å²) in [5.41, 5.74) is 0.833. The van der Waals surface area contributed by atoms with Crippen LogP contribution in [0.1, 0.15) is 34.6 Å². The lowest BCUT2D eigenvalue weighted by Crippen LogP contribution is -2.46. The summed E-state index contributed by atoms with van der Waals surface area (Å²) in [5, 5.41) is 10.1. The van der Waals surface area contributed by atoms with E-state index < -0.39 is 8.32 Å². The smallest absolute Gasteiger partial charge is 0.241 e. The summed E-state index contributed by atoms with van der Waals surface area (Å²) in [6, 6.07) is 10.2. The maximum absolute atomic E-state index is 12.6. The summed E-state index contributed by atoms with van der Waals surface area (Å²) in [7, 11) is -1.71. The molecule has 0 aliphatic carbocycles. The molecule has 1 amide bonds. The first-order valence-corrected chi connectivity index (χ1v) is 12.9. The van der Waals surface area contributed by atoms with Crippen molar-refractivity contribution < 1.29 is 9.22 Å². The van der Waals surface area contributed by atoms with Gasteiger partial charge in [0.1, 0.15) is 0 Å². The van der Waals surface area contributed by atoms with Gasteiger partial charge in [-0.05, 0) is 36.2 Å². The molecule has 0 spiro atoms. The van der Waals surface area contributed by atoms with E-state index >= 15 is 0 Å². The molecular formula is C21H37N3O2Si. The van der Waals surface area contributed by atoms with Crippen LogP contribution in [0.2, 0.25) is 18.1 Å². The molecule has 1 heterocycles. The number of carbonyl (C=O) groups is 1. The van der Waals surface area contributed by atoms with Crippen LogP contribution in [0.25, 0.3) is 0 Å². The molecule has 3 atom stereocenters. The predicted molar refractivity (Wildman–Crippen MR) is 116 cm³/mol. The molecule has 0 unspecified atom stereocenters. The Balaban J connectivity index is 1.78. The molecule has 6 heteroatoms. The minimum Gasteiger partial charge on any atom is -0.415 e. The van der Waals surface area contributed by atoms with Crippen molar-refractivity contribution in [2.45, 2.75) is 70.9 Å². The van der Waals surface area contributed by atoms with E-state index in [9.17, 15) is 4.79 Å². The van der Waals surface area contributed by atoms with Gasteiger partial charge >= 0.3 is 0 Å². The van der Waals surface area contributed by atoms with E-state index in [4.69, 9.17) is 4.43 Å². The quantitative estimate of drug-likeness (QED) is 0.444. The topological polar surface area (TPSA) is 72.3 Å². The molecule has 1 aliphatic rings. The summed E-state index contributed by atoms with van der Waals surface area (Å²) in [6.07, 6.45) is 0. The SMILES string of the molecule is CC(C)[C@@H](NC[C@H]1N[C@@H]1CO[Si](C)(C)C(C)(C)C)C(=O)Nc1ccccc1. The van der Waals surface area contributed by atoms with Crippen molar-refractivity contribution >= 4 is 19.9 Å². The summed E-state index contributed by atoms with van der Waals surface area (Å²) in [4.78, 5) is 12.6. The number of nitrogens with one attached hydrogen (secondary N) is 3. The molecule has 5 nitrogen and oxygen atoms in total. The van der Waals surface area contributed by atoms with Crippen LogP contribution in [-0.2, 0) is 9.22 Å². The fraction of sp³-hybridized carbons (Fsp3) is 0.667. The van der Waals surface area contributed by atoms with Gasteiger partial charge < -0.3 is 20.4 Å². The molecule has 1 saturated heterocycles. The number of para-hydroxylation sites is 1. The third kappa shape index (κ3) is 6.42. The Bertz CT molecular complexity index is 614. The Morgan fingerprint density at radius 3 is 2.37 bits per heavy atom. The van der Waals surface area contributed by atoms with Crippen LogP contribution in [0.15, 0.2) is 30.3 Å². The van der Waals surface area contributed by atoms with Crippen LogP contribution in [-0.4, -0.2) is 45.5 Å². The number of carbonyl (C=O) groups excluding carboxylic acids is 1. The van der Waals surface area contributed by atoms with Crippen LogP contribution >= 0.6 is 0 Å².